The lowest BCUT2D eigenvalue weighted by Crippen LogP contribution is -1.97. The van der Waals surface area contributed by atoms with Gasteiger partial charge in [-0.25, -0.2) is 0 Å². The van der Waals surface area contributed by atoms with E-state index in [9.17, 15) is 0 Å². The van der Waals surface area contributed by atoms with Crippen LogP contribution < -0.4 is 0 Å². The van der Waals surface area contributed by atoms with Crippen molar-refractivity contribution in [1.82, 2.24) is 0 Å². The summed E-state index contributed by atoms with van der Waals surface area (Å²) in [5.74, 6) is 0.645. The molecular formula is C8H5Cl2NOS. The van der Waals surface area contributed by atoms with Crippen molar-refractivity contribution in [3.8, 4) is 0 Å². The fourth-order valence-corrected chi connectivity index (χ4v) is 2.82. The molecule has 1 N–H and O–H groups in total. The number of nitrogens with zero attached hydrogens (tertiary/aromatic N) is 1. The van der Waals surface area contributed by atoms with Gasteiger partial charge in [-0.2, -0.15) is 0 Å². The summed E-state index contributed by atoms with van der Waals surface area (Å²) < 4.78 is 0. The van der Waals surface area contributed by atoms with Crippen LogP contribution in [0.25, 0.3) is 0 Å². The molecule has 2 rings (SSSR count). The highest BCUT2D eigenvalue weighted by Gasteiger charge is 2.22. The molecule has 68 valence electrons. The van der Waals surface area contributed by atoms with E-state index in [-0.39, 0.29) is 0 Å². The molecule has 1 aromatic carbocycles. The van der Waals surface area contributed by atoms with Gasteiger partial charge < -0.3 is 5.21 Å². The van der Waals surface area contributed by atoms with Crippen LogP contribution in [0, 0.1) is 0 Å². The Hall–Kier alpha value is -0.380. The zero-order valence-corrected chi connectivity index (χ0v) is 8.75. The summed E-state index contributed by atoms with van der Waals surface area (Å²) in [6.07, 6.45) is 0. The topological polar surface area (TPSA) is 32.6 Å². The average Bonchev–Trinajstić information content (AvgIpc) is 2.55. The molecule has 0 saturated heterocycles. The molecule has 0 saturated carbocycles. The molecule has 0 aromatic heterocycles. The first-order valence-corrected chi connectivity index (χ1v) is 5.30. The smallest absolute Gasteiger partial charge is 0.0981 e. The molecule has 1 aliphatic heterocycles. The second-order valence-corrected chi connectivity index (χ2v) is 4.34. The van der Waals surface area contributed by atoms with Crippen LogP contribution in [0.3, 0.4) is 0 Å². The Balaban J connectivity index is 2.64. The molecule has 2 nitrogen and oxygen atoms in total. The first-order valence-electron chi connectivity index (χ1n) is 3.56. The van der Waals surface area contributed by atoms with Gasteiger partial charge in [-0.05, 0) is 6.07 Å². The molecule has 0 amide bonds. The molecule has 0 unspecified atom stereocenters. The highest BCUT2D eigenvalue weighted by atomic mass is 35.5. The summed E-state index contributed by atoms with van der Waals surface area (Å²) in [4.78, 5) is 0.905. The van der Waals surface area contributed by atoms with E-state index in [1.807, 2.05) is 6.07 Å². The number of benzene rings is 1. The lowest BCUT2D eigenvalue weighted by molar-refractivity contribution is 0.319. The fourth-order valence-electron chi connectivity index (χ4n) is 1.20. The number of oxime groups is 1. The maximum atomic E-state index is 8.67. The molecule has 1 heterocycles. The molecule has 0 aliphatic carbocycles. The minimum Gasteiger partial charge on any atom is -0.411 e. The first kappa shape index (κ1) is 9.19. The maximum Gasteiger partial charge on any atom is 0.0981 e. The van der Waals surface area contributed by atoms with Crippen molar-refractivity contribution >= 4 is 40.7 Å². The molecule has 0 radical (unpaired) electrons. The Morgan fingerprint density at radius 2 is 2.15 bits per heavy atom. The predicted octanol–water partition coefficient (Wildman–Crippen LogP) is 3.28. The SMILES string of the molecule is O/N=C1\CSc2c1ccc(Cl)c2Cl. The summed E-state index contributed by atoms with van der Waals surface area (Å²) in [7, 11) is 0. The van der Waals surface area contributed by atoms with Gasteiger partial charge in [-0.1, -0.05) is 34.4 Å². The molecule has 0 atom stereocenters. The number of fused-ring (bicyclic) bond motifs is 1. The third-order valence-electron chi connectivity index (χ3n) is 1.83. The van der Waals surface area contributed by atoms with Gasteiger partial charge in [0.05, 0.1) is 15.8 Å². The fraction of sp³-hybridized carbons (Fsp3) is 0.125. The van der Waals surface area contributed by atoms with E-state index < -0.39 is 0 Å². The van der Waals surface area contributed by atoms with Crippen LogP contribution in [-0.4, -0.2) is 16.7 Å². The zero-order valence-electron chi connectivity index (χ0n) is 6.42. The highest BCUT2D eigenvalue weighted by molar-refractivity contribution is 8.00. The van der Waals surface area contributed by atoms with Gasteiger partial charge in [0.2, 0.25) is 0 Å². The second-order valence-electron chi connectivity index (χ2n) is 2.57. The van der Waals surface area contributed by atoms with Crippen LogP contribution >= 0.6 is 35.0 Å². The number of rotatable bonds is 0. The summed E-state index contributed by atoms with van der Waals surface area (Å²) in [6, 6.07) is 3.53. The molecule has 0 bridgehead atoms. The molecule has 0 spiro atoms. The van der Waals surface area contributed by atoms with E-state index in [0.717, 1.165) is 10.5 Å². The summed E-state index contributed by atoms with van der Waals surface area (Å²) >= 11 is 13.3. The van der Waals surface area contributed by atoms with Crippen LogP contribution in [0.1, 0.15) is 5.56 Å². The lowest BCUT2D eigenvalue weighted by Gasteiger charge is -2.01. The van der Waals surface area contributed by atoms with Crippen molar-refractivity contribution in [2.24, 2.45) is 5.16 Å². The second kappa shape index (κ2) is 3.40. The van der Waals surface area contributed by atoms with Gasteiger partial charge in [-0.3, -0.25) is 0 Å². The Labute approximate surface area is 89.5 Å². The molecule has 1 aromatic rings. The third-order valence-corrected chi connectivity index (χ3v) is 3.88. The first-order chi connectivity index (χ1) is 6.24. The van der Waals surface area contributed by atoms with E-state index in [4.69, 9.17) is 28.4 Å². The molecule has 13 heavy (non-hydrogen) atoms. The molecule has 0 fully saturated rings. The molecule has 5 heteroatoms. The van der Waals surface area contributed by atoms with Crippen LogP contribution in [-0.2, 0) is 0 Å². The van der Waals surface area contributed by atoms with Crippen molar-refractivity contribution in [3.05, 3.63) is 27.7 Å². The third kappa shape index (κ3) is 1.41. The van der Waals surface area contributed by atoms with Crippen molar-refractivity contribution in [1.29, 1.82) is 0 Å². The van der Waals surface area contributed by atoms with E-state index >= 15 is 0 Å². The number of hydrogen-bond donors (Lipinski definition) is 1. The van der Waals surface area contributed by atoms with E-state index in [1.54, 1.807) is 6.07 Å². The molecule has 1 aliphatic rings. The monoisotopic (exact) mass is 233 g/mol. The van der Waals surface area contributed by atoms with Gasteiger partial charge in [0.25, 0.3) is 0 Å². The Bertz CT molecular complexity index is 392. The Morgan fingerprint density at radius 1 is 1.38 bits per heavy atom. The minimum atomic E-state index is 0.534. The highest BCUT2D eigenvalue weighted by Crippen LogP contribution is 2.40. The Morgan fingerprint density at radius 3 is 2.85 bits per heavy atom. The average molecular weight is 234 g/mol. The summed E-state index contributed by atoms with van der Waals surface area (Å²) in [5.41, 5.74) is 1.53. The van der Waals surface area contributed by atoms with Crippen molar-refractivity contribution in [2.45, 2.75) is 4.90 Å². The number of thioether (sulfide) groups is 1. The largest absolute Gasteiger partial charge is 0.411 e. The maximum absolute atomic E-state index is 8.67. The normalized spacial score (nSPS) is 17.8. The van der Waals surface area contributed by atoms with Crippen molar-refractivity contribution in [2.75, 3.05) is 5.75 Å². The van der Waals surface area contributed by atoms with Gasteiger partial charge in [0.1, 0.15) is 0 Å². The summed E-state index contributed by atoms with van der Waals surface area (Å²) in [5, 5.41) is 12.9. The standard InChI is InChI=1S/C8H5Cl2NOS/c9-5-2-1-4-6(11-12)3-13-8(4)7(5)10/h1-2,12H,3H2/b11-6+. The van der Waals surface area contributed by atoms with E-state index in [2.05, 4.69) is 5.16 Å². The number of halogens is 2. The van der Waals surface area contributed by atoms with Crippen LogP contribution in [0.5, 0.6) is 0 Å². The van der Waals surface area contributed by atoms with Crippen LogP contribution in [0.4, 0.5) is 0 Å². The quantitative estimate of drug-likeness (QED) is 0.551. The van der Waals surface area contributed by atoms with Gasteiger partial charge in [0.15, 0.2) is 0 Å². The van der Waals surface area contributed by atoms with Gasteiger partial charge >= 0.3 is 0 Å². The summed E-state index contributed by atoms with van der Waals surface area (Å²) in [6.45, 7) is 0. The van der Waals surface area contributed by atoms with E-state index in [1.165, 1.54) is 11.8 Å². The number of hydrogen-bond acceptors (Lipinski definition) is 3. The van der Waals surface area contributed by atoms with E-state index in [0.29, 0.717) is 21.5 Å². The van der Waals surface area contributed by atoms with Crippen molar-refractivity contribution < 1.29 is 5.21 Å². The van der Waals surface area contributed by atoms with Crippen molar-refractivity contribution in [3.63, 3.8) is 0 Å². The van der Waals surface area contributed by atoms with Crippen LogP contribution in [0.15, 0.2) is 22.2 Å². The van der Waals surface area contributed by atoms with Crippen LogP contribution in [0.2, 0.25) is 10.0 Å². The van der Waals surface area contributed by atoms with Gasteiger partial charge in [-0.15, -0.1) is 11.8 Å². The zero-order chi connectivity index (χ0) is 9.42. The minimum absolute atomic E-state index is 0.534. The lowest BCUT2D eigenvalue weighted by atomic mass is 10.1. The Kier molecular flexibility index (Phi) is 2.41. The predicted molar refractivity (Wildman–Crippen MR) is 55.5 cm³/mol. The van der Waals surface area contributed by atoms with Gasteiger partial charge in [0, 0.05) is 16.2 Å². The molecular weight excluding hydrogens is 229 g/mol.